The number of amides is 1. The van der Waals surface area contributed by atoms with Gasteiger partial charge in [0.2, 0.25) is 5.91 Å². The molecule has 0 bridgehead atoms. The van der Waals surface area contributed by atoms with Crippen LogP contribution in [0, 0.1) is 0 Å². The third kappa shape index (κ3) is 3.68. The SMILES string of the molecule is CCc1ccc(S(=O)(=O)N=C2S[C@@H](CC)C(=O)N2c2ccccc2)cc1. The normalized spacial score (nSPS) is 19.3. The number of amidine groups is 1. The predicted octanol–water partition coefficient (Wildman–Crippen LogP) is 3.85. The highest BCUT2D eigenvalue weighted by Gasteiger charge is 2.39. The standard InChI is InChI=1S/C19H20N2O3S2/c1-3-14-10-12-16(13-11-14)26(23,24)20-19-21(15-8-6-5-7-9-15)18(22)17(4-2)25-19/h5-13,17H,3-4H2,1-2H3/t17-/m0/s1. The summed E-state index contributed by atoms with van der Waals surface area (Å²) in [5.41, 5.74) is 1.68. The van der Waals surface area contributed by atoms with E-state index in [4.69, 9.17) is 0 Å². The van der Waals surface area contributed by atoms with Gasteiger partial charge in [-0.05, 0) is 42.7 Å². The molecule has 0 spiro atoms. The lowest BCUT2D eigenvalue weighted by Gasteiger charge is -2.16. The summed E-state index contributed by atoms with van der Waals surface area (Å²) in [5.74, 6) is -0.140. The number of hydrogen-bond acceptors (Lipinski definition) is 4. The summed E-state index contributed by atoms with van der Waals surface area (Å²) in [7, 11) is -3.89. The molecule has 1 aliphatic heterocycles. The van der Waals surface area contributed by atoms with Crippen molar-refractivity contribution in [3.63, 3.8) is 0 Å². The van der Waals surface area contributed by atoms with Crippen LogP contribution in [0.4, 0.5) is 5.69 Å². The highest BCUT2D eigenvalue weighted by molar-refractivity contribution is 8.16. The highest BCUT2D eigenvalue weighted by atomic mass is 32.2. The van der Waals surface area contributed by atoms with Crippen molar-refractivity contribution in [2.24, 2.45) is 4.40 Å². The molecule has 0 radical (unpaired) electrons. The third-order valence-corrected chi connectivity index (χ3v) is 6.85. The molecule has 1 amide bonds. The monoisotopic (exact) mass is 388 g/mol. The third-order valence-electron chi connectivity index (χ3n) is 4.15. The first kappa shape index (κ1) is 18.7. The van der Waals surface area contributed by atoms with Gasteiger partial charge in [0, 0.05) is 0 Å². The summed E-state index contributed by atoms with van der Waals surface area (Å²) in [6.07, 6.45) is 1.44. The number of rotatable bonds is 5. The Morgan fingerprint density at radius 2 is 1.69 bits per heavy atom. The second-order valence-corrected chi connectivity index (χ2v) is 8.64. The van der Waals surface area contributed by atoms with Gasteiger partial charge in [-0.25, -0.2) is 0 Å². The minimum absolute atomic E-state index is 0.128. The van der Waals surface area contributed by atoms with Crippen LogP contribution >= 0.6 is 11.8 Å². The quantitative estimate of drug-likeness (QED) is 0.780. The zero-order chi connectivity index (χ0) is 18.7. The Labute approximate surface area is 158 Å². The molecule has 26 heavy (non-hydrogen) atoms. The van der Waals surface area contributed by atoms with Crippen LogP contribution in [0.3, 0.4) is 0 Å². The molecule has 1 saturated heterocycles. The summed E-state index contributed by atoms with van der Waals surface area (Å²) in [4.78, 5) is 14.2. The number of hydrogen-bond donors (Lipinski definition) is 0. The Bertz CT molecular complexity index is 923. The van der Waals surface area contributed by atoms with Gasteiger partial charge in [-0.15, -0.1) is 4.40 Å². The van der Waals surface area contributed by atoms with Crippen molar-refractivity contribution >= 4 is 38.5 Å². The number of carbonyl (C=O) groups excluding carboxylic acids is 1. The minimum Gasteiger partial charge on any atom is -0.273 e. The first-order valence-corrected chi connectivity index (χ1v) is 10.8. The fourth-order valence-electron chi connectivity index (χ4n) is 2.66. The molecule has 2 aromatic carbocycles. The van der Waals surface area contributed by atoms with E-state index in [0.29, 0.717) is 12.1 Å². The number of benzene rings is 2. The molecule has 0 saturated carbocycles. The second-order valence-electron chi connectivity index (χ2n) is 5.87. The predicted molar refractivity (Wildman–Crippen MR) is 106 cm³/mol. The Hall–Kier alpha value is -2.12. The van der Waals surface area contributed by atoms with Crippen LogP contribution in [-0.2, 0) is 21.2 Å². The molecule has 7 heteroatoms. The zero-order valence-electron chi connectivity index (χ0n) is 14.6. The summed E-state index contributed by atoms with van der Waals surface area (Å²) in [5, 5.41) is -0.126. The van der Waals surface area contributed by atoms with Crippen molar-refractivity contribution < 1.29 is 13.2 Å². The maximum atomic E-state index is 12.7. The van der Waals surface area contributed by atoms with Gasteiger partial charge in [-0.1, -0.05) is 55.9 Å². The summed E-state index contributed by atoms with van der Waals surface area (Å²) in [6, 6.07) is 15.7. The van der Waals surface area contributed by atoms with E-state index in [1.54, 1.807) is 36.4 Å². The molecule has 1 atom stereocenters. The molecule has 1 fully saturated rings. The highest BCUT2D eigenvalue weighted by Crippen LogP contribution is 2.34. The molecular weight excluding hydrogens is 368 g/mol. The first-order valence-electron chi connectivity index (χ1n) is 8.46. The molecule has 136 valence electrons. The molecule has 3 rings (SSSR count). The van der Waals surface area contributed by atoms with Crippen molar-refractivity contribution in [3.8, 4) is 0 Å². The van der Waals surface area contributed by atoms with Crippen LogP contribution in [0.15, 0.2) is 63.9 Å². The Kier molecular flexibility index (Phi) is 5.48. The minimum atomic E-state index is -3.89. The number of anilines is 1. The Balaban J connectivity index is 2.02. The average Bonchev–Trinajstić information content (AvgIpc) is 2.97. The average molecular weight is 389 g/mol. The Morgan fingerprint density at radius 3 is 2.27 bits per heavy atom. The lowest BCUT2D eigenvalue weighted by atomic mass is 10.2. The van der Waals surface area contributed by atoms with Crippen molar-refractivity contribution in [2.75, 3.05) is 4.90 Å². The summed E-state index contributed by atoms with van der Waals surface area (Å²) in [6.45, 7) is 3.91. The van der Waals surface area contributed by atoms with Crippen LogP contribution in [0.1, 0.15) is 25.8 Å². The zero-order valence-corrected chi connectivity index (χ0v) is 16.3. The van der Waals surface area contributed by atoms with Crippen molar-refractivity contribution in [3.05, 3.63) is 60.2 Å². The van der Waals surface area contributed by atoms with Gasteiger partial charge in [0.05, 0.1) is 15.8 Å². The molecule has 2 aromatic rings. The number of aryl methyl sites for hydroxylation is 1. The lowest BCUT2D eigenvalue weighted by molar-refractivity contribution is -0.116. The van der Waals surface area contributed by atoms with Crippen LogP contribution in [-0.4, -0.2) is 24.7 Å². The topological polar surface area (TPSA) is 66.8 Å². The smallest absolute Gasteiger partial charge is 0.273 e. The largest absolute Gasteiger partial charge is 0.284 e. The van der Waals surface area contributed by atoms with Crippen molar-refractivity contribution in [2.45, 2.75) is 36.8 Å². The molecule has 1 aliphatic rings. The van der Waals surface area contributed by atoms with E-state index in [-0.39, 0.29) is 21.2 Å². The van der Waals surface area contributed by atoms with E-state index >= 15 is 0 Å². The van der Waals surface area contributed by atoms with E-state index in [1.165, 1.54) is 16.7 Å². The number of thioether (sulfide) groups is 1. The van der Waals surface area contributed by atoms with Gasteiger partial charge in [-0.2, -0.15) is 8.42 Å². The molecule has 0 aromatic heterocycles. The van der Waals surface area contributed by atoms with Crippen LogP contribution in [0.25, 0.3) is 0 Å². The fourth-order valence-corrected chi connectivity index (χ4v) is 4.92. The van der Waals surface area contributed by atoms with E-state index in [2.05, 4.69) is 4.40 Å². The molecule has 0 N–H and O–H groups in total. The number of carbonyl (C=O) groups is 1. The van der Waals surface area contributed by atoms with Gasteiger partial charge in [-0.3, -0.25) is 9.69 Å². The molecular formula is C19H20N2O3S2. The maximum absolute atomic E-state index is 12.7. The van der Waals surface area contributed by atoms with Gasteiger partial charge in [0.25, 0.3) is 10.0 Å². The van der Waals surface area contributed by atoms with Crippen LogP contribution in [0.5, 0.6) is 0 Å². The summed E-state index contributed by atoms with van der Waals surface area (Å²) >= 11 is 1.20. The summed E-state index contributed by atoms with van der Waals surface area (Å²) < 4.78 is 29.5. The number of nitrogens with zero attached hydrogens (tertiary/aromatic N) is 2. The number of para-hydroxylation sites is 1. The van der Waals surface area contributed by atoms with Crippen molar-refractivity contribution in [1.82, 2.24) is 0 Å². The molecule has 5 nitrogen and oxygen atoms in total. The molecule has 0 unspecified atom stereocenters. The molecule has 0 aliphatic carbocycles. The van der Waals surface area contributed by atoms with Crippen LogP contribution in [0.2, 0.25) is 0 Å². The number of sulfonamides is 1. The molecule has 1 heterocycles. The van der Waals surface area contributed by atoms with Gasteiger partial charge >= 0.3 is 0 Å². The first-order chi connectivity index (χ1) is 12.5. The van der Waals surface area contributed by atoms with E-state index in [9.17, 15) is 13.2 Å². The van der Waals surface area contributed by atoms with Crippen LogP contribution < -0.4 is 4.90 Å². The Morgan fingerprint density at radius 1 is 1.04 bits per heavy atom. The van der Waals surface area contributed by atoms with E-state index in [0.717, 1.165) is 12.0 Å². The van der Waals surface area contributed by atoms with Gasteiger partial charge in [0.15, 0.2) is 5.17 Å². The maximum Gasteiger partial charge on any atom is 0.284 e. The van der Waals surface area contributed by atoms with Gasteiger partial charge in [0.1, 0.15) is 0 Å². The van der Waals surface area contributed by atoms with E-state index in [1.807, 2.05) is 32.0 Å². The second kappa shape index (κ2) is 7.63. The fraction of sp³-hybridized carbons (Fsp3) is 0.263. The van der Waals surface area contributed by atoms with Crippen molar-refractivity contribution in [1.29, 1.82) is 0 Å². The van der Waals surface area contributed by atoms with E-state index < -0.39 is 10.0 Å². The lowest BCUT2D eigenvalue weighted by Crippen LogP contribution is -2.32. The van der Waals surface area contributed by atoms with Gasteiger partial charge < -0.3 is 0 Å².